The molecule has 2 N–H and O–H groups in total. The summed E-state index contributed by atoms with van der Waals surface area (Å²) in [7, 11) is 0. The number of halogens is 3. The Morgan fingerprint density at radius 2 is 2.11 bits per heavy atom. The fourth-order valence-corrected chi connectivity index (χ4v) is 3.00. The standard InChI is InChI=1S/C18H20F3N5O2/c1-10-16(25-26-17(23-10)24-13-4-3-7-22-9-13)14-6-5-12(18(19,20)21)8-15(14)28-11(2)27/h5-6,8,13,22H,3-4,7,9H2,1-2H3,(H,23,24,26)/t13-/m1/s1. The van der Waals surface area contributed by atoms with Crippen molar-refractivity contribution in [2.45, 2.75) is 38.9 Å². The van der Waals surface area contributed by atoms with Crippen LogP contribution in [0.4, 0.5) is 19.1 Å². The lowest BCUT2D eigenvalue weighted by atomic mass is 10.1. The molecule has 1 saturated heterocycles. The summed E-state index contributed by atoms with van der Waals surface area (Å²) in [6.07, 6.45) is -2.54. The highest BCUT2D eigenvalue weighted by molar-refractivity contribution is 5.76. The number of anilines is 1. The van der Waals surface area contributed by atoms with Crippen molar-refractivity contribution < 1.29 is 22.7 Å². The number of aromatic nitrogens is 3. The molecule has 0 spiro atoms. The number of hydrogen-bond donors (Lipinski definition) is 2. The Labute approximate surface area is 159 Å². The maximum Gasteiger partial charge on any atom is 0.416 e. The average molecular weight is 395 g/mol. The molecule has 10 heteroatoms. The Morgan fingerprint density at radius 3 is 2.71 bits per heavy atom. The molecule has 0 radical (unpaired) electrons. The Balaban J connectivity index is 1.92. The maximum atomic E-state index is 13.0. The van der Waals surface area contributed by atoms with E-state index >= 15 is 0 Å². The fraction of sp³-hybridized carbons (Fsp3) is 0.444. The largest absolute Gasteiger partial charge is 0.426 e. The first-order valence-corrected chi connectivity index (χ1v) is 8.82. The van der Waals surface area contributed by atoms with Gasteiger partial charge in [0.15, 0.2) is 0 Å². The SMILES string of the molecule is CC(=O)Oc1cc(C(F)(F)F)ccc1-c1nnc(N[C@@H]2CCCNC2)nc1C. The van der Waals surface area contributed by atoms with Crippen LogP contribution in [0, 0.1) is 6.92 Å². The molecule has 150 valence electrons. The van der Waals surface area contributed by atoms with Crippen molar-refractivity contribution in [3.8, 4) is 17.0 Å². The van der Waals surface area contributed by atoms with Gasteiger partial charge in [-0.1, -0.05) is 0 Å². The van der Waals surface area contributed by atoms with Crippen LogP contribution in [-0.4, -0.2) is 40.3 Å². The van der Waals surface area contributed by atoms with Crippen LogP contribution in [0.3, 0.4) is 0 Å². The number of rotatable bonds is 4. The summed E-state index contributed by atoms with van der Waals surface area (Å²) >= 11 is 0. The zero-order chi connectivity index (χ0) is 20.3. The highest BCUT2D eigenvalue weighted by Gasteiger charge is 2.32. The van der Waals surface area contributed by atoms with Gasteiger partial charge in [-0.25, -0.2) is 4.98 Å². The lowest BCUT2D eigenvalue weighted by Crippen LogP contribution is -2.38. The number of alkyl halides is 3. The lowest BCUT2D eigenvalue weighted by molar-refractivity contribution is -0.138. The van der Waals surface area contributed by atoms with E-state index in [0.29, 0.717) is 11.6 Å². The number of benzene rings is 1. The number of carbonyl (C=O) groups excluding carboxylic acids is 1. The van der Waals surface area contributed by atoms with Crippen LogP contribution >= 0.6 is 0 Å². The number of esters is 1. The molecule has 28 heavy (non-hydrogen) atoms. The molecule has 7 nitrogen and oxygen atoms in total. The Bertz CT molecular complexity index is 867. The van der Waals surface area contributed by atoms with Crippen LogP contribution in [0.15, 0.2) is 18.2 Å². The summed E-state index contributed by atoms with van der Waals surface area (Å²) in [6.45, 7) is 4.55. The summed E-state index contributed by atoms with van der Waals surface area (Å²) in [4.78, 5) is 15.7. The molecule has 1 atom stereocenters. The molecule has 2 aromatic rings. The fourth-order valence-electron chi connectivity index (χ4n) is 3.00. The Kier molecular flexibility index (Phi) is 5.78. The molecule has 1 aromatic heterocycles. The molecule has 0 saturated carbocycles. The number of ether oxygens (including phenoxy) is 1. The smallest absolute Gasteiger partial charge is 0.416 e. The molecule has 0 aliphatic carbocycles. The van der Waals surface area contributed by atoms with E-state index in [1.54, 1.807) is 6.92 Å². The van der Waals surface area contributed by atoms with Crippen LogP contribution in [0.5, 0.6) is 5.75 Å². The quantitative estimate of drug-likeness (QED) is 0.608. The van der Waals surface area contributed by atoms with Gasteiger partial charge < -0.3 is 15.4 Å². The van der Waals surface area contributed by atoms with E-state index in [2.05, 4.69) is 25.8 Å². The second-order valence-corrected chi connectivity index (χ2v) is 6.56. The first-order valence-electron chi connectivity index (χ1n) is 8.82. The monoisotopic (exact) mass is 395 g/mol. The first kappa shape index (κ1) is 20.0. The maximum absolute atomic E-state index is 13.0. The van der Waals surface area contributed by atoms with Gasteiger partial charge in [0.1, 0.15) is 11.4 Å². The third-order valence-electron chi connectivity index (χ3n) is 4.31. The predicted octanol–water partition coefficient (Wildman–Crippen LogP) is 2.96. The minimum absolute atomic E-state index is 0.184. The molecule has 1 aliphatic rings. The minimum atomic E-state index is -4.56. The van der Waals surface area contributed by atoms with E-state index in [1.165, 1.54) is 6.07 Å². The van der Waals surface area contributed by atoms with Crippen molar-refractivity contribution in [2.75, 3.05) is 18.4 Å². The second-order valence-electron chi connectivity index (χ2n) is 6.56. The number of piperidine rings is 1. The van der Waals surface area contributed by atoms with Crippen LogP contribution in [0.25, 0.3) is 11.3 Å². The summed E-state index contributed by atoms with van der Waals surface area (Å²) in [6, 6.07) is 3.07. The van der Waals surface area contributed by atoms with Gasteiger partial charge in [0.2, 0.25) is 5.95 Å². The topological polar surface area (TPSA) is 89.0 Å². The van der Waals surface area contributed by atoms with Gasteiger partial charge in [0, 0.05) is 25.1 Å². The normalized spacial score (nSPS) is 17.2. The molecule has 1 fully saturated rings. The number of carbonyl (C=O) groups is 1. The number of aryl methyl sites for hydroxylation is 1. The van der Waals surface area contributed by atoms with Crippen molar-refractivity contribution in [1.82, 2.24) is 20.5 Å². The van der Waals surface area contributed by atoms with Crippen molar-refractivity contribution >= 4 is 11.9 Å². The Hall–Kier alpha value is -2.75. The molecule has 3 rings (SSSR count). The predicted molar refractivity (Wildman–Crippen MR) is 95.8 cm³/mol. The summed E-state index contributed by atoms with van der Waals surface area (Å²) in [5.74, 6) is -0.628. The van der Waals surface area contributed by atoms with Gasteiger partial charge >= 0.3 is 12.1 Å². The van der Waals surface area contributed by atoms with Gasteiger partial charge in [-0.2, -0.15) is 13.2 Å². The van der Waals surface area contributed by atoms with Gasteiger partial charge in [0.25, 0.3) is 0 Å². The third kappa shape index (κ3) is 4.75. The second kappa shape index (κ2) is 8.09. The number of nitrogens with one attached hydrogen (secondary N) is 2. The zero-order valence-corrected chi connectivity index (χ0v) is 15.4. The van der Waals surface area contributed by atoms with Crippen LogP contribution in [0.2, 0.25) is 0 Å². The van der Waals surface area contributed by atoms with Gasteiger partial charge in [-0.3, -0.25) is 4.79 Å². The minimum Gasteiger partial charge on any atom is -0.426 e. The van der Waals surface area contributed by atoms with Crippen molar-refractivity contribution in [3.05, 3.63) is 29.5 Å². The molecule has 0 amide bonds. The van der Waals surface area contributed by atoms with Crippen LogP contribution in [-0.2, 0) is 11.0 Å². The summed E-state index contributed by atoms with van der Waals surface area (Å²) in [5, 5.41) is 14.6. The third-order valence-corrected chi connectivity index (χ3v) is 4.31. The molecule has 0 bridgehead atoms. The van der Waals surface area contributed by atoms with E-state index in [1.807, 2.05) is 0 Å². The van der Waals surface area contributed by atoms with E-state index in [9.17, 15) is 18.0 Å². The Morgan fingerprint density at radius 1 is 1.32 bits per heavy atom. The number of hydrogen-bond acceptors (Lipinski definition) is 7. The van der Waals surface area contributed by atoms with Gasteiger partial charge in [-0.15, -0.1) is 10.2 Å². The molecule has 0 unspecified atom stereocenters. The highest BCUT2D eigenvalue weighted by Crippen LogP contribution is 2.37. The van der Waals surface area contributed by atoms with E-state index in [0.717, 1.165) is 45.0 Å². The zero-order valence-electron chi connectivity index (χ0n) is 15.4. The van der Waals surface area contributed by atoms with Crippen molar-refractivity contribution in [1.29, 1.82) is 0 Å². The molecular formula is C18H20F3N5O2. The number of nitrogens with zero attached hydrogens (tertiary/aromatic N) is 3. The van der Waals surface area contributed by atoms with E-state index in [-0.39, 0.29) is 23.0 Å². The average Bonchev–Trinajstić information content (AvgIpc) is 2.62. The molecule has 1 aliphatic heterocycles. The van der Waals surface area contributed by atoms with Crippen molar-refractivity contribution in [2.24, 2.45) is 0 Å². The van der Waals surface area contributed by atoms with Gasteiger partial charge in [0.05, 0.1) is 11.3 Å². The molecule has 2 heterocycles. The lowest BCUT2D eigenvalue weighted by Gasteiger charge is -2.23. The van der Waals surface area contributed by atoms with E-state index in [4.69, 9.17) is 4.74 Å². The van der Waals surface area contributed by atoms with Crippen molar-refractivity contribution in [3.63, 3.8) is 0 Å². The van der Waals surface area contributed by atoms with Crippen LogP contribution < -0.4 is 15.4 Å². The summed E-state index contributed by atoms with van der Waals surface area (Å²) in [5.41, 5.74) is -0.00698. The van der Waals surface area contributed by atoms with E-state index < -0.39 is 17.7 Å². The summed E-state index contributed by atoms with van der Waals surface area (Å²) < 4.78 is 44.0. The highest BCUT2D eigenvalue weighted by atomic mass is 19.4. The first-order chi connectivity index (χ1) is 13.2. The van der Waals surface area contributed by atoms with Gasteiger partial charge in [-0.05, 0) is 44.5 Å². The van der Waals surface area contributed by atoms with Crippen LogP contribution in [0.1, 0.15) is 31.0 Å². The molecular weight excluding hydrogens is 375 g/mol. The molecule has 1 aromatic carbocycles.